The van der Waals surface area contributed by atoms with E-state index in [-0.39, 0.29) is 4.47 Å². The third-order valence-corrected chi connectivity index (χ3v) is 1.84. The molecule has 70 valence electrons. The van der Waals surface area contributed by atoms with Crippen molar-refractivity contribution in [3.8, 4) is 0 Å². The van der Waals surface area contributed by atoms with Gasteiger partial charge < -0.3 is 9.15 Å². The number of hydrogen-bond acceptors (Lipinski definition) is 5. The van der Waals surface area contributed by atoms with Crippen molar-refractivity contribution in [2.75, 3.05) is 7.11 Å². The highest BCUT2D eigenvalue weighted by Gasteiger charge is 2.29. The summed E-state index contributed by atoms with van der Waals surface area (Å²) >= 11 is 2.87. The minimum atomic E-state index is -0.877. The first-order chi connectivity index (χ1) is 6.07. The van der Waals surface area contributed by atoms with Crippen molar-refractivity contribution in [3.05, 3.63) is 26.6 Å². The van der Waals surface area contributed by atoms with Gasteiger partial charge >= 0.3 is 11.7 Å². The largest absolute Gasteiger partial charge is 0.463 e. The Balaban J connectivity index is 3.22. The fourth-order valence-electron chi connectivity index (χ4n) is 0.738. The third kappa shape index (κ3) is 1.69. The van der Waals surface area contributed by atoms with Gasteiger partial charge in [0, 0.05) is 0 Å². The van der Waals surface area contributed by atoms with Crippen LogP contribution in [0.15, 0.2) is 15.2 Å². The number of methoxy groups -OCH3 is 1. The Bertz CT molecular complexity index is 358. The summed E-state index contributed by atoms with van der Waals surface area (Å²) in [4.78, 5) is 20.6. The summed E-state index contributed by atoms with van der Waals surface area (Å²) in [5.74, 6) is -1.29. The molecule has 6 nitrogen and oxygen atoms in total. The van der Waals surface area contributed by atoms with E-state index in [1.165, 1.54) is 0 Å². The monoisotopic (exact) mass is 249 g/mol. The average molecular weight is 250 g/mol. The smallest absolute Gasteiger partial charge is 0.381 e. The highest BCUT2D eigenvalue weighted by atomic mass is 79.9. The van der Waals surface area contributed by atoms with Gasteiger partial charge in [-0.05, 0) is 15.9 Å². The lowest BCUT2D eigenvalue weighted by atomic mass is 10.4. The Kier molecular flexibility index (Phi) is 2.66. The first-order valence-corrected chi connectivity index (χ1v) is 3.87. The molecule has 0 saturated carbocycles. The molecule has 13 heavy (non-hydrogen) atoms. The Labute approximate surface area is 80.8 Å². The molecular weight excluding hydrogens is 246 g/mol. The Morgan fingerprint density at radius 3 is 2.85 bits per heavy atom. The van der Waals surface area contributed by atoms with Crippen LogP contribution in [-0.4, -0.2) is 18.0 Å². The van der Waals surface area contributed by atoms with Crippen LogP contribution in [0.1, 0.15) is 10.6 Å². The molecule has 0 spiro atoms. The number of rotatable bonds is 2. The zero-order valence-corrected chi connectivity index (χ0v) is 8.03. The molecular formula is C6H4BrNO5. The lowest BCUT2D eigenvalue weighted by molar-refractivity contribution is -0.386. The fraction of sp³-hybridized carbons (Fsp3) is 0.167. The molecule has 1 rings (SSSR count). The van der Waals surface area contributed by atoms with Crippen molar-refractivity contribution in [1.29, 1.82) is 0 Å². The molecule has 0 aromatic carbocycles. The van der Waals surface area contributed by atoms with Gasteiger partial charge in [-0.3, -0.25) is 10.1 Å². The summed E-state index contributed by atoms with van der Waals surface area (Å²) in [6.45, 7) is 0. The van der Waals surface area contributed by atoms with Crippen LogP contribution < -0.4 is 0 Å². The molecule has 0 radical (unpaired) electrons. The number of hydrogen-bond donors (Lipinski definition) is 0. The molecule has 0 unspecified atom stereocenters. The molecule has 0 aliphatic carbocycles. The lowest BCUT2D eigenvalue weighted by Gasteiger charge is -1.92. The van der Waals surface area contributed by atoms with E-state index in [2.05, 4.69) is 25.1 Å². The van der Waals surface area contributed by atoms with Crippen LogP contribution in [0, 0.1) is 10.1 Å². The lowest BCUT2D eigenvalue weighted by Crippen LogP contribution is -2.02. The van der Waals surface area contributed by atoms with Gasteiger partial charge in [-0.15, -0.1) is 0 Å². The van der Waals surface area contributed by atoms with Gasteiger partial charge in [-0.25, -0.2) is 4.79 Å². The number of halogens is 1. The second kappa shape index (κ2) is 3.56. The van der Waals surface area contributed by atoms with Gasteiger partial charge in [0.1, 0.15) is 10.7 Å². The van der Waals surface area contributed by atoms with Crippen LogP contribution in [0.25, 0.3) is 0 Å². The molecule has 0 aliphatic heterocycles. The highest BCUT2D eigenvalue weighted by molar-refractivity contribution is 9.10. The first kappa shape index (κ1) is 9.72. The molecule has 7 heteroatoms. The first-order valence-electron chi connectivity index (χ1n) is 3.07. The molecule has 1 aromatic rings. The number of nitro groups is 1. The second-order valence-electron chi connectivity index (χ2n) is 2.01. The molecule has 0 N–H and O–H groups in total. The third-order valence-electron chi connectivity index (χ3n) is 1.27. The van der Waals surface area contributed by atoms with E-state index in [1.54, 1.807) is 0 Å². The minimum absolute atomic E-state index is 0.109. The maximum atomic E-state index is 10.9. The fourth-order valence-corrected chi connectivity index (χ4v) is 1.16. The second-order valence-corrected chi connectivity index (χ2v) is 2.86. The maximum Gasteiger partial charge on any atom is 0.381 e. The van der Waals surface area contributed by atoms with Gasteiger partial charge in [0.05, 0.1) is 12.0 Å². The standard InChI is InChI=1S/C6H4BrNO5/c1-12-6(9)5-4(8(10)11)3(7)2-13-5/h2H,1H3. The average Bonchev–Trinajstić information content (AvgIpc) is 2.45. The van der Waals surface area contributed by atoms with E-state index in [9.17, 15) is 14.9 Å². The molecule has 0 bridgehead atoms. The van der Waals surface area contributed by atoms with Crippen LogP contribution in [-0.2, 0) is 4.74 Å². The highest BCUT2D eigenvalue weighted by Crippen LogP contribution is 2.30. The van der Waals surface area contributed by atoms with Gasteiger partial charge in [-0.2, -0.15) is 0 Å². The van der Waals surface area contributed by atoms with E-state index >= 15 is 0 Å². The minimum Gasteiger partial charge on any atom is -0.463 e. The molecule has 0 saturated heterocycles. The van der Waals surface area contributed by atoms with Crippen molar-refractivity contribution in [2.24, 2.45) is 0 Å². The van der Waals surface area contributed by atoms with Crippen molar-refractivity contribution < 1.29 is 18.9 Å². The van der Waals surface area contributed by atoms with E-state index in [0.717, 1.165) is 13.4 Å². The zero-order valence-electron chi connectivity index (χ0n) is 6.44. The van der Waals surface area contributed by atoms with Crippen molar-refractivity contribution in [3.63, 3.8) is 0 Å². The number of nitrogens with zero attached hydrogens (tertiary/aromatic N) is 1. The number of ether oxygens (including phenoxy) is 1. The van der Waals surface area contributed by atoms with E-state index in [0.29, 0.717) is 0 Å². The van der Waals surface area contributed by atoms with Crippen molar-refractivity contribution in [2.45, 2.75) is 0 Å². The van der Waals surface area contributed by atoms with Gasteiger partial charge in [-0.1, -0.05) is 0 Å². The van der Waals surface area contributed by atoms with Crippen LogP contribution >= 0.6 is 15.9 Å². The van der Waals surface area contributed by atoms with Crippen LogP contribution in [0.5, 0.6) is 0 Å². The van der Waals surface area contributed by atoms with E-state index < -0.39 is 22.3 Å². The number of carbonyl (C=O) groups is 1. The van der Waals surface area contributed by atoms with Gasteiger partial charge in [0.25, 0.3) is 5.76 Å². The summed E-state index contributed by atoms with van der Waals surface area (Å²) in [7, 11) is 1.11. The molecule has 0 amide bonds. The van der Waals surface area contributed by atoms with Crippen molar-refractivity contribution in [1.82, 2.24) is 0 Å². The Morgan fingerprint density at radius 2 is 2.38 bits per heavy atom. The Hall–Kier alpha value is -1.37. The predicted molar refractivity (Wildman–Crippen MR) is 44.4 cm³/mol. The molecule has 0 atom stereocenters. The quantitative estimate of drug-likeness (QED) is 0.453. The summed E-state index contributed by atoms with van der Waals surface area (Å²) < 4.78 is 9.04. The predicted octanol–water partition coefficient (Wildman–Crippen LogP) is 1.74. The number of furan rings is 1. The van der Waals surface area contributed by atoms with Crippen LogP contribution in [0.3, 0.4) is 0 Å². The maximum absolute atomic E-state index is 10.9. The summed E-state index contributed by atoms with van der Waals surface area (Å²) in [5.41, 5.74) is -0.424. The SMILES string of the molecule is COC(=O)c1occ(Br)c1[N+](=O)[O-]. The van der Waals surface area contributed by atoms with Crippen LogP contribution in [0.2, 0.25) is 0 Å². The van der Waals surface area contributed by atoms with Crippen LogP contribution in [0.4, 0.5) is 5.69 Å². The van der Waals surface area contributed by atoms with Gasteiger partial charge in [0.2, 0.25) is 0 Å². The van der Waals surface area contributed by atoms with Gasteiger partial charge in [0.15, 0.2) is 0 Å². The number of carbonyl (C=O) groups excluding carboxylic acids is 1. The van der Waals surface area contributed by atoms with E-state index in [1.807, 2.05) is 0 Å². The van der Waals surface area contributed by atoms with E-state index in [4.69, 9.17) is 0 Å². The zero-order chi connectivity index (χ0) is 10.0. The molecule has 0 aliphatic rings. The Morgan fingerprint density at radius 1 is 1.77 bits per heavy atom. The summed E-state index contributed by atoms with van der Waals surface area (Å²) in [6, 6.07) is 0. The number of esters is 1. The van der Waals surface area contributed by atoms with Crippen molar-refractivity contribution >= 4 is 27.6 Å². The summed E-state index contributed by atoms with van der Waals surface area (Å²) in [5, 5.41) is 10.4. The topological polar surface area (TPSA) is 82.6 Å². The molecule has 1 heterocycles. The normalized spacial score (nSPS) is 9.69. The summed E-state index contributed by atoms with van der Waals surface area (Å²) in [6.07, 6.45) is 1.06. The molecule has 1 aromatic heterocycles. The molecule has 0 fully saturated rings.